The molecule has 2 amide bonds. The molecule has 2 aromatic carbocycles. The Morgan fingerprint density at radius 1 is 0.794 bits per heavy atom. The number of nitrogens with one attached hydrogen (secondary N) is 2. The van der Waals surface area contributed by atoms with Gasteiger partial charge in [-0.2, -0.15) is 31.3 Å². The summed E-state index contributed by atoms with van der Waals surface area (Å²) in [7, 11) is 0. The number of hydrogen-bond donors (Lipinski definition) is 6. The summed E-state index contributed by atoms with van der Waals surface area (Å²) >= 11 is 12.4. The molecule has 0 spiro atoms. The fraction of sp³-hybridized carbons (Fsp3) is 0.349. The lowest BCUT2D eigenvalue weighted by atomic mass is 10.0. The van der Waals surface area contributed by atoms with Crippen LogP contribution in [0.4, 0.5) is 42.5 Å². The minimum Gasteiger partial charge on any atom is -0.393 e. The summed E-state index contributed by atoms with van der Waals surface area (Å²) in [5.41, 5.74) is 3.08. The van der Waals surface area contributed by atoms with Crippen molar-refractivity contribution >= 4 is 57.8 Å². The molecule has 0 saturated carbocycles. The van der Waals surface area contributed by atoms with Crippen LogP contribution in [0.5, 0.6) is 0 Å². The maximum atomic E-state index is 12.6. The molecule has 0 saturated heterocycles. The van der Waals surface area contributed by atoms with Crippen LogP contribution >= 0.6 is 23.2 Å². The number of carbonyl (C=O) groups excluding carboxylic acids is 2. The maximum Gasteiger partial charge on any atom is 0.416 e. The number of aliphatic imine (C=N–C) groups is 1. The minimum absolute atomic E-state index is 0. The minimum atomic E-state index is -4.43. The number of hydrogen-bond acceptors (Lipinski definition) is 10. The first-order chi connectivity index (χ1) is 28.4. The quantitative estimate of drug-likeness (QED) is 0.0570. The monoisotopic (exact) mass is 930 g/mol. The summed E-state index contributed by atoms with van der Waals surface area (Å²) in [5, 5.41) is 43.6. The first-order valence-corrected chi connectivity index (χ1v) is 18.7. The molecule has 2 aromatic heterocycles. The molecule has 0 radical (unpaired) electrons. The predicted molar refractivity (Wildman–Crippen MR) is 232 cm³/mol. The molecule has 20 heteroatoms. The Morgan fingerprint density at radius 3 is 1.65 bits per heavy atom. The summed E-state index contributed by atoms with van der Waals surface area (Å²) in [5.74, 6) is 0. The molecule has 2 atom stereocenters. The van der Waals surface area contributed by atoms with Gasteiger partial charge in [-0.1, -0.05) is 57.6 Å². The van der Waals surface area contributed by atoms with E-state index in [4.69, 9.17) is 33.4 Å². The van der Waals surface area contributed by atoms with Gasteiger partial charge in [0.15, 0.2) is 0 Å². The highest BCUT2D eigenvalue weighted by Crippen LogP contribution is 2.33. The lowest BCUT2D eigenvalue weighted by molar-refractivity contribution is -0.138. The van der Waals surface area contributed by atoms with Crippen molar-refractivity contribution < 1.29 is 56.4 Å². The van der Waals surface area contributed by atoms with Crippen LogP contribution in [0.2, 0.25) is 10.0 Å². The largest absolute Gasteiger partial charge is 0.416 e. The second kappa shape index (κ2) is 25.8. The molecule has 4 aromatic rings. The summed E-state index contributed by atoms with van der Waals surface area (Å²) in [6.45, 7) is 1.63. The fourth-order valence-corrected chi connectivity index (χ4v) is 6.17. The van der Waals surface area contributed by atoms with Gasteiger partial charge in [-0.15, -0.1) is 0 Å². The molecule has 2 aliphatic rings. The molecule has 0 fully saturated rings. The lowest BCUT2D eigenvalue weighted by Gasteiger charge is -2.27. The van der Waals surface area contributed by atoms with Gasteiger partial charge in [-0.3, -0.25) is 9.97 Å². The molecule has 0 bridgehead atoms. The van der Waals surface area contributed by atoms with E-state index in [0.29, 0.717) is 39.8 Å². The van der Waals surface area contributed by atoms with E-state index in [-0.39, 0.29) is 46.8 Å². The average Bonchev–Trinajstić information content (AvgIpc) is 3.23. The van der Waals surface area contributed by atoms with E-state index in [1.165, 1.54) is 35.4 Å². The first kappa shape index (κ1) is 55.8. The molecular formula is C43H50Cl2F6N6O6. The second-order valence-electron chi connectivity index (χ2n) is 13.0. The Kier molecular flexibility index (Phi) is 22.9. The number of anilines is 1. The third-order valence-electron chi connectivity index (χ3n) is 8.84. The summed E-state index contributed by atoms with van der Waals surface area (Å²) < 4.78 is 73.8. The number of alkyl halides is 6. The second-order valence-corrected chi connectivity index (χ2v) is 13.8. The zero-order valence-electron chi connectivity index (χ0n) is 31.3. The number of aliphatic hydroxyl groups excluding tert-OH is 4. The first-order valence-electron chi connectivity index (χ1n) is 17.9. The molecule has 0 aliphatic carbocycles. The Morgan fingerprint density at radius 2 is 1.27 bits per heavy atom. The summed E-state index contributed by atoms with van der Waals surface area (Å²) in [6.07, 6.45) is -1.29. The molecule has 12 nitrogen and oxygen atoms in total. The standard InChI is InChI=1S/C20H19ClF3N3O3.C12H15ClN2O2.C8H4F3NO.3CH4/c21-16-9-13(17(29)11-28)10-25-18(16)12-5-7-27(8-6-12)19(30)26-15-3-1-14(2-4-15)20(22,23)24;13-10-5-9(11(17)7-16)6-15-12(10)8-1-3-14-4-2-8;9-8(10,11)6-1-3-7(4-2-6)12-5-13;;;/h1-5,9-10,17,28-29H,6-8,11H2,(H,26,30);1,5-6,11,14,16-17H,2-4,7H2;1-4H;3*1H4/t17-;11-;;;;/m11..../s1. The van der Waals surface area contributed by atoms with E-state index in [1.807, 2.05) is 0 Å². The Labute approximate surface area is 371 Å². The van der Waals surface area contributed by atoms with Crippen molar-refractivity contribution in [1.29, 1.82) is 0 Å². The van der Waals surface area contributed by atoms with Gasteiger partial charge in [0.2, 0.25) is 6.08 Å². The fourth-order valence-electron chi connectivity index (χ4n) is 5.58. The molecule has 344 valence electrons. The smallest absolute Gasteiger partial charge is 0.393 e. The molecule has 2 aliphatic heterocycles. The van der Waals surface area contributed by atoms with Crippen molar-refractivity contribution in [2.24, 2.45) is 4.99 Å². The van der Waals surface area contributed by atoms with Crippen molar-refractivity contribution in [1.82, 2.24) is 20.2 Å². The highest BCUT2D eigenvalue weighted by molar-refractivity contribution is 6.32. The normalized spacial score (nSPS) is 14.4. The third kappa shape index (κ3) is 16.5. The van der Waals surface area contributed by atoms with E-state index >= 15 is 0 Å². The highest BCUT2D eigenvalue weighted by atomic mass is 35.5. The SMILES string of the molecule is C.C.C.O=C(Nc1ccc(C(F)(F)F)cc1)N1CC=C(c2ncc([C@H](O)CO)cc2Cl)CC1.O=C=Nc1ccc(C(F)(F)F)cc1.OC[C@@H](O)c1cnc(C2=CCNCC2)c(Cl)c1. The van der Waals surface area contributed by atoms with E-state index in [2.05, 4.69) is 31.7 Å². The van der Waals surface area contributed by atoms with Crippen LogP contribution in [0.1, 0.15) is 81.0 Å². The van der Waals surface area contributed by atoms with Gasteiger partial charge < -0.3 is 36.0 Å². The van der Waals surface area contributed by atoms with E-state index in [1.54, 1.807) is 18.3 Å². The van der Waals surface area contributed by atoms with Gasteiger partial charge in [0, 0.05) is 48.8 Å². The van der Waals surface area contributed by atoms with Crippen LogP contribution in [0.25, 0.3) is 11.1 Å². The lowest BCUT2D eigenvalue weighted by Crippen LogP contribution is -2.38. The topological polar surface area (TPSA) is 181 Å². The number of nitrogens with zero attached hydrogens (tertiary/aromatic N) is 4. The predicted octanol–water partition coefficient (Wildman–Crippen LogP) is 9.82. The summed E-state index contributed by atoms with van der Waals surface area (Å²) in [6, 6.07) is 10.9. The molecule has 63 heavy (non-hydrogen) atoms. The van der Waals surface area contributed by atoms with Crippen molar-refractivity contribution in [3.63, 3.8) is 0 Å². The van der Waals surface area contributed by atoms with Crippen LogP contribution in [-0.4, -0.2) is 86.8 Å². The van der Waals surface area contributed by atoms with Gasteiger partial charge in [-0.25, -0.2) is 9.59 Å². The molecule has 6 N–H and O–H groups in total. The van der Waals surface area contributed by atoms with E-state index in [9.17, 15) is 46.1 Å². The number of halogens is 8. The van der Waals surface area contributed by atoms with Crippen LogP contribution in [0.15, 0.2) is 90.2 Å². The maximum absolute atomic E-state index is 12.6. The van der Waals surface area contributed by atoms with Crippen molar-refractivity contribution in [3.8, 4) is 0 Å². The molecule has 6 rings (SSSR count). The van der Waals surface area contributed by atoms with Gasteiger partial charge in [0.1, 0.15) is 12.2 Å². The Bertz CT molecular complexity index is 2190. The Balaban J connectivity index is 0.000000511. The zero-order valence-corrected chi connectivity index (χ0v) is 32.8. The number of aromatic nitrogens is 2. The van der Waals surface area contributed by atoms with Crippen molar-refractivity contribution in [2.75, 3.05) is 44.7 Å². The third-order valence-corrected chi connectivity index (χ3v) is 9.42. The van der Waals surface area contributed by atoms with Crippen molar-refractivity contribution in [3.05, 3.63) is 129 Å². The van der Waals surface area contributed by atoms with Gasteiger partial charge in [0.05, 0.1) is 51.5 Å². The van der Waals surface area contributed by atoms with Gasteiger partial charge >= 0.3 is 18.4 Å². The highest BCUT2D eigenvalue weighted by Gasteiger charge is 2.31. The Hall–Kier alpha value is -5.17. The number of isocyanates is 1. The molecular weight excluding hydrogens is 881 g/mol. The van der Waals surface area contributed by atoms with Crippen molar-refractivity contribution in [2.45, 2.75) is 59.7 Å². The van der Waals surface area contributed by atoms with E-state index in [0.717, 1.165) is 72.7 Å². The van der Waals surface area contributed by atoms with Gasteiger partial charge in [0.25, 0.3) is 0 Å². The number of amides is 2. The van der Waals surface area contributed by atoms with Crippen LogP contribution < -0.4 is 10.6 Å². The number of aliphatic hydroxyl groups is 4. The number of carbonyl (C=O) groups is 1. The number of rotatable bonds is 8. The number of benzene rings is 2. The summed E-state index contributed by atoms with van der Waals surface area (Å²) in [4.78, 5) is 35.3. The number of urea groups is 1. The van der Waals surface area contributed by atoms with Crippen LogP contribution in [0.3, 0.4) is 0 Å². The van der Waals surface area contributed by atoms with Gasteiger partial charge in [-0.05, 0) is 91.2 Å². The zero-order chi connectivity index (χ0) is 44.0. The van der Waals surface area contributed by atoms with Crippen LogP contribution in [-0.2, 0) is 17.1 Å². The number of pyridine rings is 2. The van der Waals surface area contributed by atoms with E-state index < -0.39 is 48.3 Å². The molecule has 0 unspecified atom stereocenters. The molecule has 4 heterocycles. The average molecular weight is 932 g/mol. The van der Waals surface area contributed by atoms with Crippen LogP contribution in [0, 0.1) is 0 Å².